The van der Waals surface area contributed by atoms with Crippen LogP contribution in [0.25, 0.3) is 0 Å². The molecule has 0 spiro atoms. The molecule has 0 saturated carbocycles. The number of halogens is 3. The van der Waals surface area contributed by atoms with Crippen LogP contribution in [-0.4, -0.2) is 18.5 Å². The van der Waals surface area contributed by atoms with Crippen LogP contribution in [-0.2, 0) is 9.53 Å². The van der Waals surface area contributed by atoms with Crippen molar-refractivity contribution in [2.24, 2.45) is 0 Å². The predicted molar refractivity (Wildman–Crippen MR) is 76.7 cm³/mol. The van der Waals surface area contributed by atoms with Gasteiger partial charge in [0.2, 0.25) is 5.76 Å². The molecule has 0 saturated heterocycles. The Kier molecular flexibility index (Phi) is 4.98. The Morgan fingerprint density at radius 3 is 2.76 bits per heavy atom. The largest absolute Gasteiger partial charge is 0.450 e. The van der Waals surface area contributed by atoms with Gasteiger partial charge in [-0.15, -0.1) is 0 Å². The molecule has 0 atom stereocenters. The summed E-state index contributed by atoms with van der Waals surface area (Å²) in [6.07, 6.45) is 0. The van der Waals surface area contributed by atoms with E-state index in [2.05, 4.69) is 21.2 Å². The topological polar surface area (TPSA) is 68.5 Å². The predicted octanol–water partition coefficient (Wildman–Crippen LogP) is 3.63. The molecule has 0 aliphatic rings. The minimum Gasteiger partial charge on any atom is -0.450 e. The molecular weight excluding hydrogens is 369 g/mol. The van der Waals surface area contributed by atoms with E-state index < -0.39 is 24.3 Å². The maximum absolute atomic E-state index is 13.0. The van der Waals surface area contributed by atoms with Crippen LogP contribution in [0.2, 0.25) is 5.02 Å². The molecule has 0 aliphatic carbocycles. The molecule has 0 aliphatic heterocycles. The van der Waals surface area contributed by atoms with E-state index in [1.807, 2.05) is 0 Å². The monoisotopic (exact) mass is 375 g/mol. The molecule has 2 aromatic rings. The van der Waals surface area contributed by atoms with Gasteiger partial charge >= 0.3 is 5.97 Å². The van der Waals surface area contributed by atoms with Crippen LogP contribution in [0.1, 0.15) is 10.6 Å². The van der Waals surface area contributed by atoms with E-state index in [1.165, 1.54) is 18.2 Å². The first-order chi connectivity index (χ1) is 9.95. The van der Waals surface area contributed by atoms with Crippen LogP contribution in [0.5, 0.6) is 0 Å². The van der Waals surface area contributed by atoms with Gasteiger partial charge in [-0.05, 0) is 46.3 Å². The summed E-state index contributed by atoms with van der Waals surface area (Å²) < 4.78 is 23.1. The third-order valence-electron chi connectivity index (χ3n) is 2.31. The number of ether oxygens (including phenoxy) is 1. The van der Waals surface area contributed by atoms with Crippen molar-refractivity contribution in [2.75, 3.05) is 11.9 Å². The molecule has 8 heteroatoms. The third kappa shape index (κ3) is 4.30. The molecule has 0 bridgehead atoms. The molecule has 21 heavy (non-hydrogen) atoms. The summed E-state index contributed by atoms with van der Waals surface area (Å²) in [5, 5.41) is 2.51. The van der Waals surface area contributed by atoms with Gasteiger partial charge in [0.05, 0.1) is 10.7 Å². The summed E-state index contributed by atoms with van der Waals surface area (Å²) in [6.45, 7) is -0.552. The molecule has 1 N–H and O–H groups in total. The van der Waals surface area contributed by atoms with Gasteiger partial charge < -0.3 is 14.5 Å². The van der Waals surface area contributed by atoms with E-state index in [4.69, 9.17) is 20.8 Å². The van der Waals surface area contributed by atoms with Gasteiger partial charge in [-0.1, -0.05) is 11.6 Å². The number of hydrogen-bond donors (Lipinski definition) is 1. The van der Waals surface area contributed by atoms with E-state index in [-0.39, 0.29) is 16.5 Å². The Bertz CT molecular complexity index is 689. The number of nitrogens with one attached hydrogen (secondary N) is 1. The molecule has 1 heterocycles. The van der Waals surface area contributed by atoms with Gasteiger partial charge in [0.1, 0.15) is 5.82 Å². The number of carbonyl (C=O) groups is 2. The fourth-order valence-corrected chi connectivity index (χ4v) is 1.88. The maximum Gasteiger partial charge on any atom is 0.374 e. The molecule has 0 fully saturated rings. The van der Waals surface area contributed by atoms with Crippen LogP contribution < -0.4 is 5.32 Å². The van der Waals surface area contributed by atoms with Crippen LogP contribution in [0.15, 0.2) is 39.4 Å². The summed E-state index contributed by atoms with van der Waals surface area (Å²) in [5.74, 6) is -2.03. The molecule has 2 rings (SSSR count). The van der Waals surface area contributed by atoms with Crippen molar-refractivity contribution < 1.29 is 23.1 Å². The fourth-order valence-electron chi connectivity index (χ4n) is 1.41. The molecule has 0 radical (unpaired) electrons. The number of benzene rings is 1. The number of rotatable bonds is 4. The van der Waals surface area contributed by atoms with Gasteiger partial charge in [0.15, 0.2) is 11.3 Å². The summed E-state index contributed by atoms with van der Waals surface area (Å²) >= 11 is 8.83. The number of amides is 1. The zero-order valence-corrected chi connectivity index (χ0v) is 12.7. The highest BCUT2D eigenvalue weighted by atomic mass is 79.9. The van der Waals surface area contributed by atoms with E-state index in [0.29, 0.717) is 4.67 Å². The minimum atomic E-state index is -0.791. The summed E-state index contributed by atoms with van der Waals surface area (Å²) in [4.78, 5) is 23.1. The lowest BCUT2D eigenvalue weighted by atomic mass is 10.3. The van der Waals surface area contributed by atoms with Crippen molar-refractivity contribution in [1.29, 1.82) is 0 Å². The first kappa shape index (κ1) is 15.5. The zero-order chi connectivity index (χ0) is 15.4. The van der Waals surface area contributed by atoms with Crippen molar-refractivity contribution in [3.8, 4) is 0 Å². The lowest BCUT2D eigenvalue weighted by molar-refractivity contribution is -0.119. The third-order valence-corrected chi connectivity index (χ3v) is 3.07. The Labute approximate surface area is 132 Å². The second-order valence-corrected chi connectivity index (χ2v) is 5.04. The maximum atomic E-state index is 13.0. The number of hydrogen-bond acceptors (Lipinski definition) is 4. The van der Waals surface area contributed by atoms with Gasteiger partial charge in [-0.25, -0.2) is 9.18 Å². The highest BCUT2D eigenvalue weighted by Gasteiger charge is 2.14. The van der Waals surface area contributed by atoms with Gasteiger partial charge in [-0.2, -0.15) is 0 Å². The number of esters is 1. The van der Waals surface area contributed by atoms with Crippen LogP contribution >= 0.6 is 27.5 Å². The lowest BCUT2D eigenvalue weighted by Crippen LogP contribution is -2.21. The average molecular weight is 377 g/mol. The molecule has 0 unspecified atom stereocenters. The van der Waals surface area contributed by atoms with E-state index in [0.717, 1.165) is 12.1 Å². The molecule has 5 nitrogen and oxygen atoms in total. The minimum absolute atomic E-state index is 0.0431. The molecule has 1 aromatic carbocycles. The van der Waals surface area contributed by atoms with Crippen molar-refractivity contribution in [1.82, 2.24) is 0 Å². The van der Waals surface area contributed by atoms with Crippen molar-refractivity contribution in [3.63, 3.8) is 0 Å². The Balaban J connectivity index is 1.90. The van der Waals surface area contributed by atoms with Crippen LogP contribution in [0, 0.1) is 5.82 Å². The van der Waals surface area contributed by atoms with Crippen LogP contribution in [0.3, 0.4) is 0 Å². The quantitative estimate of drug-likeness (QED) is 0.827. The zero-order valence-electron chi connectivity index (χ0n) is 10.4. The van der Waals surface area contributed by atoms with Crippen molar-refractivity contribution >= 4 is 45.1 Å². The second kappa shape index (κ2) is 6.73. The normalized spacial score (nSPS) is 10.2. The van der Waals surface area contributed by atoms with Crippen molar-refractivity contribution in [3.05, 3.63) is 51.6 Å². The first-order valence-electron chi connectivity index (χ1n) is 5.63. The van der Waals surface area contributed by atoms with Gasteiger partial charge in [0.25, 0.3) is 5.91 Å². The first-order valence-corrected chi connectivity index (χ1v) is 6.80. The number of anilines is 1. The lowest BCUT2D eigenvalue weighted by Gasteiger charge is -2.07. The number of carbonyl (C=O) groups excluding carboxylic acids is 2. The highest BCUT2D eigenvalue weighted by Crippen LogP contribution is 2.22. The van der Waals surface area contributed by atoms with E-state index >= 15 is 0 Å². The SMILES string of the molecule is O=C(COC(=O)c1ccc(Br)o1)Nc1cc(F)ccc1Cl. The molecular formula is C13H8BrClFNO4. The fraction of sp³-hybridized carbons (Fsp3) is 0.0769. The van der Waals surface area contributed by atoms with E-state index in [9.17, 15) is 14.0 Å². The highest BCUT2D eigenvalue weighted by molar-refractivity contribution is 9.10. The van der Waals surface area contributed by atoms with Crippen LogP contribution in [0.4, 0.5) is 10.1 Å². The summed E-state index contributed by atoms with van der Waals surface area (Å²) in [7, 11) is 0. The van der Waals surface area contributed by atoms with E-state index in [1.54, 1.807) is 0 Å². The standard InChI is InChI=1S/C13H8BrClFNO4/c14-11-4-3-10(21-11)13(19)20-6-12(18)17-9-5-7(16)1-2-8(9)15/h1-5H,6H2,(H,17,18). The average Bonchev–Trinajstić information content (AvgIpc) is 2.87. The van der Waals surface area contributed by atoms with Gasteiger partial charge in [-0.3, -0.25) is 4.79 Å². The smallest absolute Gasteiger partial charge is 0.374 e. The second-order valence-electron chi connectivity index (χ2n) is 3.85. The number of furan rings is 1. The Morgan fingerprint density at radius 1 is 1.33 bits per heavy atom. The Hall–Kier alpha value is -1.86. The molecule has 1 aromatic heterocycles. The molecule has 110 valence electrons. The molecule has 1 amide bonds. The van der Waals surface area contributed by atoms with Gasteiger partial charge in [0, 0.05) is 0 Å². The summed E-state index contributed by atoms with van der Waals surface area (Å²) in [5.41, 5.74) is 0.0958. The Morgan fingerprint density at radius 2 is 2.10 bits per heavy atom. The summed E-state index contributed by atoms with van der Waals surface area (Å²) in [6, 6.07) is 6.44. The van der Waals surface area contributed by atoms with Crippen molar-refractivity contribution in [2.45, 2.75) is 0 Å².